The standard InChI is InChI=1S/C15H26N2/c1-10-9-12(15(3,4)5)7-8-13(10)14(17-6)11(2)16/h7-9,11,14,17H,16H2,1-6H3. The first kappa shape index (κ1) is 14.2. The number of nitrogens with two attached hydrogens (primary N) is 1. The normalized spacial score (nSPS) is 15.7. The van der Waals surface area contributed by atoms with E-state index in [1.165, 1.54) is 16.7 Å². The summed E-state index contributed by atoms with van der Waals surface area (Å²) in [5, 5.41) is 3.29. The molecule has 0 saturated heterocycles. The van der Waals surface area contributed by atoms with Gasteiger partial charge in [-0.05, 0) is 43.0 Å². The van der Waals surface area contributed by atoms with Crippen molar-refractivity contribution < 1.29 is 0 Å². The zero-order chi connectivity index (χ0) is 13.2. The number of rotatable bonds is 3. The van der Waals surface area contributed by atoms with Crippen LogP contribution in [0.3, 0.4) is 0 Å². The fourth-order valence-corrected chi connectivity index (χ4v) is 2.19. The average Bonchev–Trinajstić information content (AvgIpc) is 2.19. The zero-order valence-corrected chi connectivity index (χ0v) is 12.0. The first-order valence-electron chi connectivity index (χ1n) is 6.31. The van der Waals surface area contributed by atoms with Crippen molar-refractivity contribution in [3.63, 3.8) is 0 Å². The summed E-state index contributed by atoms with van der Waals surface area (Å²) in [6.45, 7) is 10.9. The first-order valence-corrected chi connectivity index (χ1v) is 6.31. The van der Waals surface area contributed by atoms with Crippen LogP contribution in [0.15, 0.2) is 18.2 Å². The van der Waals surface area contributed by atoms with E-state index in [0.29, 0.717) is 0 Å². The van der Waals surface area contributed by atoms with Crippen molar-refractivity contribution in [2.24, 2.45) is 5.73 Å². The number of nitrogens with one attached hydrogen (secondary N) is 1. The molecule has 3 N–H and O–H groups in total. The number of hydrogen-bond acceptors (Lipinski definition) is 2. The number of likely N-dealkylation sites (N-methyl/N-ethyl adjacent to an activating group) is 1. The molecule has 2 nitrogen and oxygen atoms in total. The largest absolute Gasteiger partial charge is 0.326 e. The summed E-state index contributed by atoms with van der Waals surface area (Å²) in [5.74, 6) is 0. The highest BCUT2D eigenvalue weighted by Crippen LogP contribution is 2.27. The zero-order valence-electron chi connectivity index (χ0n) is 12.0. The van der Waals surface area contributed by atoms with Crippen LogP contribution in [0.25, 0.3) is 0 Å². The van der Waals surface area contributed by atoms with E-state index in [0.717, 1.165) is 0 Å². The molecular formula is C15H26N2. The number of hydrogen-bond donors (Lipinski definition) is 2. The van der Waals surface area contributed by atoms with Crippen molar-refractivity contribution in [3.8, 4) is 0 Å². The van der Waals surface area contributed by atoms with Gasteiger partial charge in [-0.2, -0.15) is 0 Å². The van der Waals surface area contributed by atoms with E-state index in [-0.39, 0.29) is 17.5 Å². The highest BCUT2D eigenvalue weighted by Gasteiger charge is 2.19. The van der Waals surface area contributed by atoms with Gasteiger partial charge in [0.1, 0.15) is 0 Å². The average molecular weight is 234 g/mol. The number of aryl methyl sites for hydroxylation is 1. The molecule has 0 fully saturated rings. The molecule has 2 heteroatoms. The Labute approximate surface area is 106 Å². The third-order valence-corrected chi connectivity index (χ3v) is 3.31. The molecule has 0 spiro atoms. The monoisotopic (exact) mass is 234 g/mol. The molecule has 0 bridgehead atoms. The molecule has 0 saturated carbocycles. The van der Waals surface area contributed by atoms with Gasteiger partial charge in [-0.1, -0.05) is 39.0 Å². The molecule has 1 aromatic carbocycles. The van der Waals surface area contributed by atoms with Gasteiger partial charge in [0.15, 0.2) is 0 Å². The molecule has 2 unspecified atom stereocenters. The fourth-order valence-electron chi connectivity index (χ4n) is 2.19. The molecule has 1 aromatic rings. The van der Waals surface area contributed by atoms with Crippen LogP contribution in [-0.2, 0) is 5.41 Å². The van der Waals surface area contributed by atoms with Crippen molar-refractivity contribution in [2.45, 2.75) is 52.1 Å². The van der Waals surface area contributed by atoms with Crippen LogP contribution in [0.2, 0.25) is 0 Å². The molecule has 0 aromatic heterocycles. The van der Waals surface area contributed by atoms with Gasteiger partial charge in [-0.25, -0.2) is 0 Å². The molecule has 0 amide bonds. The lowest BCUT2D eigenvalue weighted by Crippen LogP contribution is -2.34. The summed E-state index contributed by atoms with van der Waals surface area (Å²) in [6, 6.07) is 7.04. The van der Waals surface area contributed by atoms with Crippen molar-refractivity contribution in [2.75, 3.05) is 7.05 Å². The predicted molar refractivity (Wildman–Crippen MR) is 75.3 cm³/mol. The molecule has 0 aliphatic carbocycles. The Kier molecular flexibility index (Phi) is 4.34. The molecule has 0 aliphatic rings. The van der Waals surface area contributed by atoms with Gasteiger partial charge in [0.2, 0.25) is 0 Å². The molecule has 1 rings (SSSR count). The molecular weight excluding hydrogens is 208 g/mol. The van der Waals surface area contributed by atoms with E-state index in [1.807, 2.05) is 14.0 Å². The van der Waals surface area contributed by atoms with E-state index >= 15 is 0 Å². The summed E-state index contributed by atoms with van der Waals surface area (Å²) in [5.41, 5.74) is 10.2. The van der Waals surface area contributed by atoms with Gasteiger partial charge in [0.25, 0.3) is 0 Å². The van der Waals surface area contributed by atoms with Gasteiger partial charge in [0, 0.05) is 12.1 Å². The first-order chi connectivity index (χ1) is 7.77. The lowest BCUT2D eigenvalue weighted by atomic mass is 9.84. The summed E-state index contributed by atoms with van der Waals surface area (Å²) >= 11 is 0. The van der Waals surface area contributed by atoms with Crippen LogP contribution in [0.5, 0.6) is 0 Å². The third kappa shape index (κ3) is 3.30. The maximum absolute atomic E-state index is 6.01. The minimum absolute atomic E-state index is 0.110. The van der Waals surface area contributed by atoms with E-state index in [9.17, 15) is 0 Å². The maximum Gasteiger partial charge on any atom is 0.0471 e. The SMILES string of the molecule is CNC(c1ccc(C(C)(C)C)cc1C)C(C)N. The van der Waals surface area contributed by atoms with Gasteiger partial charge in [-0.3, -0.25) is 0 Å². The summed E-state index contributed by atoms with van der Waals surface area (Å²) in [6.07, 6.45) is 0. The Morgan fingerprint density at radius 3 is 2.18 bits per heavy atom. The van der Waals surface area contributed by atoms with Crippen molar-refractivity contribution in [1.29, 1.82) is 0 Å². The summed E-state index contributed by atoms with van der Waals surface area (Å²) in [7, 11) is 1.96. The van der Waals surface area contributed by atoms with Crippen molar-refractivity contribution in [1.82, 2.24) is 5.32 Å². The Balaban J connectivity index is 3.13. The maximum atomic E-state index is 6.01. The van der Waals surface area contributed by atoms with Crippen LogP contribution >= 0.6 is 0 Å². The fraction of sp³-hybridized carbons (Fsp3) is 0.600. The highest BCUT2D eigenvalue weighted by molar-refractivity contribution is 5.36. The van der Waals surface area contributed by atoms with E-state index in [2.05, 4.69) is 51.2 Å². The quantitative estimate of drug-likeness (QED) is 0.844. The summed E-state index contributed by atoms with van der Waals surface area (Å²) in [4.78, 5) is 0. The van der Waals surface area contributed by atoms with Gasteiger partial charge in [-0.15, -0.1) is 0 Å². The van der Waals surface area contributed by atoms with Crippen LogP contribution < -0.4 is 11.1 Å². The summed E-state index contributed by atoms with van der Waals surface area (Å²) < 4.78 is 0. The number of benzene rings is 1. The molecule has 96 valence electrons. The van der Waals surface area contributed by atoms with Gasteiger partial charge >= 0.3 is 0 Å². The lowest BCUT2D eigenvalue weighted by molar-refractivity contribution is 0.500. The predicted octanol–water partition coefficient (Wildman–Crippen LogP) is 2.90. The van der Waals surface area contributed by atoms with Crippen LogP contribution in [0.4, 0.5) is 0 Å². The van der Waals surface area contributed by atoms with E-state index in [4.69, 9.17) is 5.73 Å². The lowest BCUT2D eigenvalue weighted by Gasteiger charge is -2.25. The minimum atomic E-state index is 0.110. The Hall–Kier alpha value is -0.860. The Bertz CT molecular complexity index is 375. The second-order valence-corrected chi connectivity index (χ2v) is 5.95. The van der Waals surface area contributed by atoms with Crippen LogP contribution in [-0.4, -0.2) is 13.1 Å². The topological polar surface area (TPSA) is 38.0 Å². The minimum Gasteiger partial charge on any atom is -0.326 e. The van der Waals surface area contributed by atoms with Crippen LogP contribution in [0, 0.1) is 6.92 Å². The molecule has 0 heterocycles. The van der Waals surface area contributed by atoms with Crippen molar-refractivity contribution >= 4 is 0 Å². The van der Waals surface area contributed by atoms with Crippen LogP contribution in [0.1, 0.15) is 50.4 Å². The highest BCUT2D eigenvalue weighted by atomic mass is 14.9. The molecule has 0 radical (unpaired) electrons. The third-order valence-electron chi connectivity index (χ3n) is 3.31. The Morgan fingerprint density at radius 2 is 1.82 bits per heavy atom. The van der Waals surface area contributed by atoms with E-state index < -0.39 is 0 Å². The molecule has 17 heavy (non-hydrogen) atoms. The molecule has 0 aliphatic heterocycles. The Morgan fingerprint density at radius 1 is 1.24 bits per heavy atom. The van der Waals surface area contributed by atoms with E-state index in [1.54, 1.807) is 0 Å². The van der Waals surface area contributed by atoms with Gasteiger partial charge in [0.05, 0.1) is 0 Å². The second-order valence-electron chi connectivity index (χ2n) is 5.95. The molecule has 2 atom stereocenters. The second kappa shape index (κ2) is 5.19. The van der Waals surface area contributed by atoms with Gasteiger partial charge < -0.3 is 11.1 Å². The van der Waals surface area contributed by atoms with Crippen molar-refractivity contribution in [3.05, 3.63) is 34.9 Å². The smallest absolute Gasteiger partial charge is 0.0471 e.